The third kappa shape index (κ3) is 5.09. The number of esters is 2. The Balaban J connectivity index is 2.62. The van der Waals surface area contributed by atoms with E-state index in [1.807, 2.05) is 18.2 Å². The van der Waals surface area contributed by atoms with Gasteiger partial charge in [0.05, 0.1) is 27.1 Å². The van der Waals surface area contributed by atoms with E-state index in [2.05, 4.69) is 14.8 Å². The predicted molar refractivity (Wildman–Crippen MR) is 70.7 cm³/mol. The molecule has 20 heavy (non-hydrogen) atoms. The molecule has 0 radical (unpaired) electrons. The van der Waals surface area contributed by atoms with Crippen LogP contribution in [0.25, 0.3) is 0 Å². The average Bonchev–Trinajstić information content (AvgIpc) is 2.46. The molecule has 0 heterocycles. The zero-order valence-electron chi connectivity index (χ0n) is 11.4. The van der Waals surface area contributed by atoms with Gasteiger partial charge in [0.15, 0.2) is 0 Å². The van der Waals surface area contributed by atoms with Crippen LogP contribution < -0.4 is 5.32 Å². The van der Waals surface area contributed by atoms with E-state index in [1.165, 1.54) is 14.2 Å². The molecule has 6 nitrogen and oxygen atoms in total. The Bertz CT molecular complexity index is 472. The zero-order chi connectivity index (χ0) is 15.0. The molecule has 1 N–H and O–H groups in total. The predicted octanol–water partition coefficient (Wildman–Crippen LogP) is 0.450. The van der Waals surface area contributed by atoms with Gasteiger partial charge in [0.25, 0.3) is 0 Å². The van der Waals surface area contributed by atoms with Gasteiger partial charge in [-0.15, -0.1) is 0 Å². The molecule has 1 amide bonds. The van der Waals surface area contributed by atoms with Crippen LogP contribution in [0.3, 0.4) is 0 Å². The molecular weight excluding hydrogens is 262 g/mol. The third-order valence-corrected chi connectivity index (χ3v) is 2.63. The van der Waals surface area contributed by atoms with Crippen molar-refractivity contribution in [2.24, 2.45) is 0 Å². The lowest BCUT2D eigenvalue weighted by molar-refractivity contribution is -0.150. The maximum absolute atomic E-state index is 11.8. The molecule has 0 aromatic heterocycles. The second kappa shape index (κ2) is 7.93. The maximum atomic E-state index is 11.8. The first kappa shape index (κ1) is 15.7. The fraction of sp³-hybridized carbons (Fsp3) is 0.357. The number of hydrogen-bond donors (Lipinski definition) is 1. The summed E-state index contributed by atoms with van der Waals surface area (Å²) in [6.45, 7) is 0. The summed E-state index contributed by atoms with van der Waals surface area (Å²) in [5.41, 5.74) is 0.812. The van der Waals surface area contributed by atoms with Crippen molar-refractivity contribution in [2.75, 3.05) is 14.2 Å². The van der Waals surface area contributed by atoms with Crippen molar-refractivity contribution in [2.45, 2.75) is 18.9 Å². The Morgan fingerprint density at radius 1 is 1.10 bits per heavy atom. The molecule has 0 fully saturated rings. The Labute approximate surface area is 117 Å². The van der Waals surface area contributed by atoms with Crippen LogP contribution in [-0.2, 0) is 30.3 Å². The van der Waals surface area contributed by atoms with Crippen molar-refractivity contribution in [3.8, 4) is 0 Å². The van der Waals surface area contributed by atoms with E-state index >= 15 is 0 Å². The Morgan fingerprint density at radius 2 is 1.75 bits per heavy atom. The summed E-state index contributed by atoms with van der Waals surface area (Å²) >= 11 is 0. The standard InChI is InChI=1S/C14H17NO5/c1-19-13(17)9-11(14(18)20-2)15-12(16)8-10-6-4-3-5-7-10/h3-7,11H,8-9H2,1-2H3,(H,15,16). The molecule has 0 aliphatic carbocycles. The smallest absolute Gasteiger partial charge is 0.328 e. The monoisotopic (exact) mass is 279 g/mol. The van der Waals surface area contributed by atoms with Crippen LogP contribution in [0, 0.1) is 0 Å². The van der Waals surface area contributed by atoms with E-state index in [1.54, 1.807) is 12.1 Å². The van der Waals surface area contributed by atoms with E-state index < -0.39 is 18.0 Å². The van der Waals surface area contributed by atoms with Crippen LogP contribution in [0.5, 0.6) is 0 Å². The summed E-state index contributed by atoms with van der Waals surface area (Å²) in [6.07, 6.45) is -0.140. The summed E-state index contributed by atoms with van der Waals surface area (Å²) in [6, 6.07) is 8.03. The summed E-state index contributed by atoms with van der Waals surface area (Å²) in [7, 11) is 2.40. The third-order valence-electron chi connectivity index (χ3n) is 2.63. The molecule has 6 heteroatoms. The maximum Gasteiger partial charge on any atom is 0.328 e. The van der Waals surface area contributed by atoms with Gasteiger partial charge in [-0.3, -0.25) is 9.59 Å². The fourth-order valence-corrected chi connectivity index (χ4v) is 1.61. The minimum Gasteiger partial charge on any atom is -0.469 e. The van der Waals surface area contributed by atoms with Gasteiger partial charge >= 0.3 is 11.9 Å². The molecule has 1 atom stereocenters. The molecule has 0 aliphatic heterocycles. The van der Waals surface area contributed by atoms with Gasteiger partial charge in [0, 0.05) is 0 Å². The number of ether oxygens (including phenoxy) is 2. The Kier molecular flexibility index (Phi) is 6.22. The van der Waals surface area contributed by atoms with E-state index in [0.29, 0.717) is 0 Å². The average molecular weight is 279 g/mol. The molecule has 0 spiro atoms. The highest BCUT2D eigenvalue weighted by atomic mass is 16.5. The van der Waals surface area contributed by atoms with Gasteiger partial charge in [-0.1, -0.05) is 30.3 Å². The minimum absolute atomic E-state index is 0.121. The number of carbonyl (C=O) groups is 3. The molecule has 0 aliphatic rings. The lowest BCUT2D eigenvalue weighted by Crippen LogP contribution is -2.43. The number of methoxy groups -OCH3 is 2. The first-order valence-electron chi connectivity index (χ1n) is 6.04. The molecule has 1 unspecified atom stereocenters. The van der Waals surface area contributed by atoms with E-state index in [-0.39, 0.29) is 18.7 Å². The quantitative estimate of drug-likeness (QED) is 0.765. The van der Waals surface area contributed by atoms with Crippen LogP contribution >= 0.6 is 0 Å². The van der Waals surface area contributed by atoms with Crippen molar-refractivity contribution in [3.05, 3.63) is 35.9 Å². The highest BCUT2D eigenvalue weighted by Gasteiger charge is 2.24. The van der Waals surface area contributed by atoms with E-state index in [0.717, 1.165) is 5.56 Å². The zero-order valence-corrected chi connectivity index (χ0v) is 11.4. The van der Waals surface area contributed by atoms with Crippen molar-refractivity contribution >= 4 is 17.8 Å². The van der Waals surface area contributed by atoms with Crippen LogP contribution in [-0.4, -0.2) is 38.1 Å². The van der Waals surface area contributed by atoms with Crippen molar-refractivity contribution in [1.29, 1.82) is 0 Å². The Morgan fingerprint density at radius 3 is 2.30 bits per heavy atom. The molecule has 1 aromatic rings. The van der Waals surface area contributed by atoms with Crippen LogP contribution in [0.4, 0.5) is 0 Å². The number of benzene rings is 1. The molecule has 0 bridgehead atoms. The SMILES string of the molecule is COC(=O)CC(NC(=O)Cc1ccccc1)C(=O)OC. The van der Waals surface area contributed by atoms with Gasteiger partial charge in [0.1, 0.15) is 6.04 Å². The highest BCUT2D eigenvalue weighted by molar-refractivity contribution is 5.88. The van der Waals surface area contributed by atoms with E-state index in [4.69, 9.17) is 0 Å². The number of nitrogens with one attached hydrogen (secondary N) is 1. The number of carbonyl (C=O) groups excluding carboxylic acids is 3. The number of hydrogen-bond acceptors (Lipinski definition) is 5. The molecule has 108 valence electrons. The topological polar surface area (TPSA) is 81.7 Å². The second-order valence-electron chi connectivity index (χ2n) is 4.09. The minimum atomic E-state index is -1.04. The van der Waals surface area contributed by atoms with E-state index in [9.17, 15) is 14.4 Å². The van der Waals surface area contributed by atoms with Crippen molar-refractivity contribution < 1.29 is 23.9 Å². The summed E-state index contributed by atoms with van der Waals surface area (Å²) in [5.74, 6) is -1.65. The molecule has 1 aromatic carbocycles. The van der Waals surface area contributed by atoms with Gasteiger partial charge in [-0.25, -0.2) is 4.79 Å². The summed E-state index contributed by atoms with van der Waals surface area (Å²) in [4.78, 5) is 34.5. The summed E-state index contributed by atoms with van der Waals surface area (Å²) in [5, 5.41) is 2.47. The van der Waals surface area contributed by atoms with Crippen LogP contribution in [0.15, 0.2) is 30.3 Å². The number of amides is 1. The molecule has 0 saturated heterocycles. The highest BCUT2D eigenvalue weighted by Crippen LogP contribution is 2.02. The lowest BCUT2D eigenvalue weighted by Gasteiger charge is -2.15. The first-order valence-corrected chi connectivity index (χ1v) is 6.04. The van der Waals surface area contributed by atoms with Gasteiger partial charge in [0.2, 0.25) is 5.91 Å². The molecule has 1 rings (SSSR count). The first-order chi connectivity index (χ1) is 9.56. The van der Waals surface area contributed by atoms with Gasteiger partial charge < -0.3 is 14.8 Å². The van der Waals surface area contributed by atoms with Gasteiger partial charge in [-0.05, 0) is 5.56 Å². The second-order valence-corrected chi connectivity index (χ2v) is 4.09. The van der Waals surface area contributed by atoms with Crippen molar-refractivity contribution in [1.82, 2.24) is 5.32 Å². The Hall–Kier alpha value is -2.37. The summed E-state index contributed by atoms with van der Waals surface area (Å²) < 4.78 is 9.02. The normalized spacial score (nSPS) is 11.3. The van der Waals surface area contributed by atoms with Gasteiger partial charge in [-0.2, -0.15) is 0 Å². The number of rotatable bonds is 6. The van der Waals surface area contributed by atoms with Crippen LogP contribution in [0.1, 0.15) is 12.0 Å². The largest absolute Gasteiger partial charge is 0.469 e. The molecular formula is C14H17NO5. The molecule has 0 saturated carbocycles. The van der Waals surface area contributed by atoms with Crippen LogP contribution in [0.2, 0.25) is 0 Å². The van der Waals surface area contributed by atoms with Crippen molar-refractivity contribution in [3.63, 3.8) is 0 Å². The lowest BCUT2D eigenvalue weighted by atomic mass is 10.1. The fourth-order valence-electron chi connectivity index (χ4n) is 1.61.